The highest BCUT2D eigenvalue weighted by molar-refractivity contribution is 5.06. The average molecular weight is 263 g/mol. The van der Waals surface area contributed by atoms with E-state index in [4.69, 9.17) is 0 Å². The van der Waals surface area contributed by atoms with Crippen molar-refractivity contribution in [3.05, 3.63) is 17.5 Å². The summed E-state index contributed by atoms with van der Waals surface area (Å²) < 4.78 is 2.12. The van der Waals surface area contributed by atoms with Crippen LogP contribution in [0.4, 0.5) is 0 Å². The number of nitrogens with one attached hydrogen (secondary N) is 1. The van der Waals surface area contributed by atoms with Crippen LogP contribution >= 0.6 is 0 Å². The molecule has 2 unspecified atom stereocenters. The zero-order valence-corrected chi connectivity index (χ0v) is 12.8. The molecule has 0 saturated heterocycles. The summed E-state index contributed by atoms with van der Waals surface area (Å²) >= 11 is 0. The Kier molecular flexibility index (Phi) is 5.44. The molecule has 1 aliphatic rings. The van der Waals surface area contributed by atoms with Gasteiger partial charge in [-0.15, -0.1) is 0 Å². The van der Waals surface area contributed by atoms with Crippen LogP contribution in [0.3, 0.4) is 0 Å². The van der Waals surface area contributed by atoms with Crippen molar-refractivity contribution in [2.24, 2.45) is 11.8 Å². The van der Waals surface area contributed by atoms with Crippen molar-refractivity contribution in [1.29, 1.82) is 0 Å². The van der Waals surface area contributed by atoms with Crippen LogP contribution in [0, 0.1) is 25.7 Å². The SMILES string of the molecule is Cc1cc(C)n(CCCNCC2CCCC(C)C2)n1. The van der Waals surface area contributed by atoms with Gasteiger partial charge in [-0.3, -0.25) is 4.68 Å². The van der Waals surface area contributed by atoms with Crippen molar-refractivity contribution in [2.75, 3.05) is 13.1 Å². The summed E-state index contributed by atoms with van der Waals surface area (Å²) in [5.41, 5.74) is 2.40. The van der Waals surface area contributed by atoms with Crippen molar-refractivity contribution < 1.29 is 0 Å². The summed E-state index contributed by atoms with van der Waals surface area (Å²) in [6.07, 6.45) is 6.89. The largest absolute Gasteiger partial charge is 0.316 e. The molecule has 108 valence electrons. The zero-order valence-electron chi connectivity index (χ0n) is 12.8. The first kappa shape index (κ1) is 14.6. The van der Waals surface area contributed by atoms with Crippen LogP contribution in [0.2, 0.25) is 0 Å². The molecule has 1 saturated carbocycles. The summed E-state index contributed by atoms with van der Waals surface area (Å²) in [7, 11) is 0. The maximum atomic E-state index is 4.50. The van der Waals surface area contributed by atoms with Gasteiger partial charge in [0.05, 0.1) is 5.69 Å². The molecule has 1 aliphatic carbocycles. The van der Waals surface area contributed by atoms with Gasteiger partial charge in [0.2, 0.25) is 0 Å². The lowest BCUT2D eigenvalue weighted by molar-refractivity contribution is 0.274. The lowest BCUT2D eigenvalue weighted by atomic mass is 9.82. The van der Waals surface area contributed by atoms with Gasteiger partial charge in [0.15, 0.2) is 0 Å². The Bertz CT molecular complexity index is 383. The van der Waals surface area contributed by atoms with Crippen molar-refractivity contribution in [2.45, 2.75) is 59.4 Å². The number of rotatable bonds is 6. The van der Waals surface area contributed by atoms with Gasteiger partial charge in [-0.25, -0.2) is 0 Å². The maximum Gasteiger partial charge on any atom is 0.0596 e. The molecular formula is C16H29N3. The first-order chi connectivity index (χ1) is 9.15. The number of nitrogens with zero attached hydrogens (tertiary/aromatic N) is 2. The molecule has 0 spiro atoms. The molecule has 0 radical (unpaired) electrons. The Morgan fingerprint density at radius 1 is 1.37 bits per heavy atom. The fourth-order valence-electron chi connectivity index (χ4n) is 3.31. The number of aryl methyl sites for hydroxylation is 3. The number of aromatic nitrogens is 2. The third-order valence-electron chi connectivity index (χ3n) is 4.30. The van der Waals surface area contributed by atoms with Gasteiger partial charge in [0, 0.05) is 12.2 Å². The first-order valence-corrected chi connectivity index (χ1v) is 7.87. The van der Waals surface area contributed by atoms with E-state index < -0.39 is 0 Å². The van der Waals surface area contributed by atoms with Crippen LogP contribution in [0.5, 0.6) is 0 Å². The van der Waals surface area contributed by atoms with E-state index in [1.54, 1.807) is 0 Å². The Hall–Kier alpha value is -0.830. The standard InChI is InChI=1S/C16H29N3/c1-13-6-4-7-16(10-13)12-17-8-5-9-19-15(3)11-14(2)18-19/h11,13,16-17H,4-10,12H2,1-3H3. The van der Waals surface area contributed by atoms with E-state index in [0.29, 0.717) is 0 Å². The Labute approximate surface area is 117 Å². The molecule has 1 fully saturated rings. The zero-order chi connectivity index (χ0) is 13.7. The van der Waals surface area contributed by atoms with E-state index in [9.17, 15) is 0 Å². The highest BCUT2D eigenvalue weighted by atomic mass is 15.3. The van der Waals surface area contributed by atoms with Gasteiger partial charge >= 0.3 is 0 Å². The van der Waals surface area contributed by atoms with Gasteiger partial charge in [-0.1, -0.05) is 19.8 Å². The van der Waals surface area contributed by atoms with Crippen LogP contribution < -0.4 is 5.32 Å². The van der Waals surface area contributed by atoms with Crippen LogP contribution in [-0.4, -0.2) is 22.9 Å². The summed E-state index contributed by atoms with van der Waals surface area (Å²) in [5, 5.41) is 8.13. The van der Waals surface area contributed by atoms with Crippen molar-refractivity contribution in [3.63, 3.8) is 0 Å². The maximum absolute atomic E-state index is 4.50. The van der Waals surface area contributed by atoms with E-state index in [1.165, 1.54) is 44.3 Å². The van der Waals surface area contributed by atoms with Gasteiger partial charge in [0.1, 0.15) is 0 Å². The fourth-order valence-corrected chi connectivity index (χ4v) is 3.31. The van der Waals surface area contributed by atoms with Gasteiger partial charge in [-0.05, 0) is 64.1 Å². The van der Waals surface area contributed by atoms with Crippen molar-refractivity contribution in [3.8, 4) is 0 Å². The monoisotopic (exact) mass is 263 g/mol. The molecule has 2 rings (SSSR count). The molecule has 0 amide bonds. The Morgan fingerprint density at radius 2 is 2.21 bits per heavy atom. The summed E-state index contributed by atoms with van der Waals surface area (Å²) in [6, 6.07) is 2.15. The lowest BCUT2D eigenvalue weighted by Gasteiger charge is -2.26. The smallest absolute Gasteiger partial charge is 0.0596 e. The summed E-state index contributed by atoms with van der Waals surface area (Å²) in [6.45, 7) is 9.95. The quantitative estimate of drug-likeness (QED) is 0.798. The molecule has 1 aromatic heterocycles. The van der Waals surface area contributed by atoms with Crippen molar-refractivity contribution in [1.82, 2.24) is 15.1 Å². The minimum Gasteiger partial charge on any atom is -0.316 e. The second kappa shape index (κ2) is 7.09. The van der Waals surface area contributed by atoms with Crippen molar-refractivity contribution >= 4 is 0 Å². The molecule has 3 heteroatoms. The first-order valence-electron chi connectivity index (χ1n) is 7.87. The van der Waals surface area contributed by atoms with Gasteiger partial charge in [-0.2, -0.15) is 5.10 Å². The molecule has 19 heavy (non-hydrogen) atoms. The summed E-state index contributed by atoms with van der Waals surface area (Å²) in [5.74, 6) is 1.85. The van der Waals surface area contributed by atoms with E-state index >= 15 is 0 Å². The van der Waals surface area contributed by atoms with Gasteiger partial charge in [0.25, 0.3) is 0 Å². The predicted molar refractivity (Wildman–Crippen MR) is 80.3 cm³/mol. The number of hydrogen-bond acceptors (Lipinski definition) is 2. The van der Waals surface area contributed by atoms with E-state index in [1.807, 2.05) is 0 Å². The normalized spacial score (nSPS) is 23.7. The van der Waals surface area contributed by atoms with E-state index in [2.05, 4.69) is 41.9 Å². The van der Waals surface area contributed by atoms with E-state index in [0.717, 1.165) is 30.6 Å². The minimum absolute atomic E-state index is 0.914. The molecule has 0 aromatic carbocycles. The highest BCUT2D eigenvalue weighted by Crippen LogP contribution is 2.27. The molecule has 3 nitrogen and oxygen atoms in total. The van der Waals surface area contributed by atoms with Gasteiger partial charge < -0.3 is 5.32 Å². The van der Waals surface area contributed by atoms with Crippen LogP contribution in [-0.2, 0) is 6.54 Å². The van der Waals surface area contributed by atoms with E-state index in [-0.39, 0.29) is 0 Å². The summed E-state index contributed by atoms with van der Waals surface area (Å²) in [4.78, 5) is 0. The predicted octanol–water partition coefficient (Wildman–Crippen LogP) is 3.31. The molecular weight excluding hydrogens is 234 g/mol. The molecule has 1 N–H and O–H groups in total. The van der Waals surface area contributed by atoms with Crippen LogP contribution in [0.15, 0.2) is 6.07 Å². The minimum atomic E-state index is 0.914. The third kappa shape index (κ3) is 4.64. The molecule has 0 bridgehead atoms. The lowest BCUT2D eigenvalue weighted by Crippen LogP contribution is -2.27. The fraction of sp³-hybridized carbons (Fsp3) is 0.812. The highest BCUT2D eigenvalue weighted by Gasteiger charge is 2.17. The van der Waals surface area contributed by atoms with Crippen LogP contribution in [0.1, 0.15) is 50.4 Å². The topological polar surface area (TPSA) is 29.9 Å². The second-order valence-electron chi connectivity index (χ2n) is 6.35. The Morgan fingerprint density at radius 3 is 2.89 bits per heavy atom. The average Bonchev–Trinajstić information content (AvgIpc) is 2.68. The third-order valence-corrected chi connectivity index (χ3v) is 4.30. The molecule has 1 heterocycles. The molecule has 1 aromatic rings. The molecule has 2 atom stereocenters. The molecule has 0 aliphatic heterocycles. The van der Waals surface area contributed by atoms with Crippen LogP contribution in [0.25, 0.3) is 0 Å². The second-order valence-corrected chi connectivity index (χ2v) is 6.35. The number of hydrogen-bond donors (Lipinski definition) is 1. The Balaban J connectivity index is 1.58.